The lowest BCUT2D eigenvalue weighted by molar-refractivity contribution is 0.590. The van der Waals surface area contributed by atoms with Crippen LogP contribution in [0.15, 0.2) is 162 Å². The summed E-state index contributed by atoms with van der Waals surface area (Å²) in [4.78, 5) is 4.72. The highest BCUT2D eigenvalue weighted by atomic mass is 35.5. The van der Waals surface area contributed by atoms with Gasteiger partial charge in [-0.2, -0.15) is 0 Å². The fourth-order valence-electron chi connectivity index (χ4n) is 7.81. The van der Waals surface area contributed by atoms with Crippen molar-refractivity contribution in [2.45, 2.75) is 78.6 Å². The van der Waals surface area contributed by atoms with Crippen LogP contribution in [0.1, 0.15) is 79.0 Å². The largest absolute Gasteiger partial charge is 0.454 e. The van der Waals surface area contributed by atoms with Gasteiger partial charge in [-0.25, -0.2) is 0 Å². The maximum absolute atomic E-state index is 7.20. The lowest BCUT2D eigenvalue weighted by atomic mass is 9.84. The molecule has 1 aromatic heterocycles. The van der Waals surface area contributed by atoms with E-state index in [1.807, 2.05) is 18.2 Å². The van der Waals surface area contributed by atoms with Crippen LogP contribution in [0.25, 0.3) is 33.1 Å². The van der Waals surface area contributed by atoms with Gasteiger partial charge < -0.3 is 14.2 Å². The molecule has 0 aliphatic heterocycles. The van der Waals surface area contributed by atoms with E-state index < -0.39 is 0 Å². The summed E-state index contributed by atoms with van der Waals surface area (Å²) < 4.78 is 6.33. The number of anilines is 6. The van der Waals surface area contributed by atoms with Gasteiger partial charge in [0.25, 0.3) is 0 Å². The van der Waals surface area contributed by atoms with E-state index in [2.05, 4.69) is 212 Å². The molecule has 1 heterocycles. The molecule has 7 aromatic carbocycles. The van der Waals surface area contributed by atoms with Crippen LogP contribution < -0.4 is 9.80 Å². The first-order valence-electron chi connectivity index (χ1n) is 20.3. The molecule has 0 bridgehead atoms. The third-order valence-electron chi connectivity index (χ3n) is 11.2. The summed E-state index contributed by atoms with van der Waals surface area (Å²) in [6.07, 6.45) is 0. The van der Waals surface area contributed by atoms with Crippen molar-refractivity contribution in [1.29, 1.82) is 0 Å². The number of para-hydroxylation sites is 1. The van der Waals surface area contributed by atoms with Gasteiger partial charge in [-0.1, -0.05) is 159 Å². The predicted octanol–water partition coefficient (Wildman–Crippen LogP) is 16.7. The highest BCUT2D eigenvalue weighted by molar-refractivity contribution is 6.36. The molecule has 8 aromatic rings. The van der Waals surface area contributed by atoms with Gasteiger partial charge in [-0.3, -0.25) is 0 Å². The van der Waals surface area contributed by atoms with E-state index in [9.17, 15) is 0 Å². The van der Waals surface area contributed by atoms with E-state index in [1.54, 1.807) is 0 Å². The van der Waals surface area contributed by atoms with Crippen LogP contribution in [0, 0.1) is 0 Å². The summed E-state index contributed by atoms with van der Waals surface area (Å²) in [5.41, 5.74) is 13.9. The third-order valence-corrected chi connectivity index (χ3v) is 11.5. The quantitative estimate of drug-likeness (QED) is 0.161. The minimum absolute atomic E-state index is 0.0415. The van der Waals surface area contributed by atoms with Crippen LogP contribution in [0.4, 0.5) is 34.1 Å². The average Bonchev–Trinajstić information content (AvgIpc) is 3.57. The maximum atomic E-state index is 7.20. The van der Waals surface area contributed by atoms with Gasteiger partial charge in [0.1, 0.15) is 5.58 Å². The lowest BCUT2D eigenvalue weighted by Gasteiger charge is -2.32. The Bertz CT molecular complexity index is 2670. The summed E-state index contributed by atoms with van der Waals surface area (Å²) in [7, 11) is 0. The van der Waals surface area contributed by atoms with Crippen molar-refractivity contribution in [3.8, 4) is 11.1 Å². The summed E-state index contributed by atoms with van der Waals surface area (Å²) in [5.74, 6) is 0. The number of furan rings is 1. The molecule has 0 fully saturated rings. The molecule has 0 amide bonds. The van der Waals surface area contributed by atoms with E-state index in [1.165, 1.54) is 16.7 Å². The minimum Gasteiger partial charge on any atom is -0.454 e. The van der Waals surface area contributed by atoms with E-state index in [-0.39, 0.29) is 16.2 Å². The zero-order valence-electron chi connectivity index (χ0n) is 35.2. The Labute approximate surface area is 349 Å². The number of nitrogens with zero attached hydrogens (tertiary/aromatic N) is 2. The fraction of sp³-hybridized carbons (Fsp3) is 0.222. The first-order chi connectivity index (χ1) is 27.6. The molecule has 4 heteroatoms. The molecular weight excluding hydrogens is 728 g/mol. The van der Waals surface area contributed by atoms with Crippen molar-refractivity contribution < 1.29 is 4.42 Å². The Kier molecular flexibility index (Phi) is 10.0. The number of fused-ring (bicyclic) bond motifs is 3. The molecule has 0 spiro atoms. The van der Waals surface area contributed by atoms with Gasteiger partial charge in [0.05, 0.1) is 10.7 Å². The Morgan fingerprint density at radius 2 is 0.948 bits per heavy atom. The SMILES string of the molecule is CC(C)(C)c1ccc(N(c2ccc(C(C)(C)C)cc2)c2cccc(N(c3cc(Cl)c4oc5ccccc5c4c3)c3ccc(C(C)(C)C)cc3-c3ccccc3)c2)cc1. The topological polar surface area (TPSA) is 19.6 Å². The van der Waals surface area contributed by atoms with Crippen molar-refractivity contribution in [2.75, 3.05) is 9.80 Å². The monoisotopic (exact) mass is 780 g/mol. The van der Waals surface area contributed by atoms with Crippen LogP contribution in [-0.4, -0.2) is 0 Å². The Balaban J connectivity index is 1.38. The second kappa shape index (κ2) is 14.9. The first kappa shape index (κ1) is 39.1. The van der Waals surface area contributed by atoms with E-state index in [0.717, 1.165) is 61.6 Å². The van der Waals surface area contributed by atoms with Gasteiger partial charge in [0.15, 0.2) is 5.58 Å². The molecule has 0 aliphatic carbocycles. The van der Waals surface area contributed by atoms with E-state index in [4.69, 9.17) is 16.0 Å². The molecule has 0 atom stereocenters. The van der Waals surface area contributed by atoms with Crippen molar-refractivity contribution in [1.82, 2.24) is 0 Å². The maximum Gasteiger partial charge on any atom is 0.154 e. The smallest absolute Gasteiger partial charge is 0.154 e. The molecule has 0 saturated heterocycles. The van der Waals surface area contributed by atoms with E-state index >= 15 is 0 Å². The van der Waals surface area contributed by atoms with Crippen molar-refractivity contribution in [2.24, 2.45) is 0 Å². The van der Waals surface area contributed by atoms with Gasteiger partial charge in [-0.05, 0) is 111 Å². The van der Waals surface area contributed by atoms with Crippen molar-refractivity contribution in [3.05, 3.63) is 179 Å². The summed E-state index contributed by atoms with van der Waals surface area (Å²) in [5, 5.41) is 2.58. The molecule has 0 saturated carbocycles. The van der Waals surface area contributed by atoms with Gasteiger partial charge in [0.2, 0.25) is 0 Å². The lowest BCUT2D eigenvalue weighted by Crippen LogP contribution is -2.16. The summed E-state index contributed by atoms with van der Waals surface area (Å²) >= 11 is 7.20. The zero-order chi connectivity index (χ0) is 41.0. The average molecular weight is 781 g/mol. The molecule has 0 radical (unpaired) electrons. The minimum atomic E-state index is -0.0453. The zero-order valence-corrected chi connectivity index (χ0v) is 35.9. The van der Waals surface area contributed by atoms with Crippen molar-refractivity contribution >= 4 is 67.7 Å². The van der Waals surface area contributed by atoms with Gasteiger partial charge in [0, 0.05) is 44.8 Å². The molecule has 292 valence electrons. The molecule has 0 aliphatic rings. The fourth-order valence-corrected chi connectivity index (χ4v) is 8.07. The first-order valence-corrected chi connectivity index (χ1v) is 20.7. The van der Waals surface area contributed by atoms with Gasteiger partial charge in [-0.15, -0.1) is 0 Å². The Morgan fingerprint density at radius 1 is 0.414 bits per heavy atom. The number of benzene rings is 7. The summed E-state index contributed by atoms with van der Waals surface area (Å²) in [6.45, 7) is 20.4. The Hall–Kier alpha value is -5.77. The molecule has 0 N–H and O–H groups in total. The predicted molar refractivity (Wildman–Crippen MR) is 250 cm³/mol. The summed E-state index contributed by atoms with van der Waals surface area (Å²) in [6, 6.07) is 56.9. The van der Waals surface area contributed by atoms with Gasteiger partial charge >= 0.3 is 0 Å². The van der Waals surface area contributed by atoms with Crippen LogP contribution in [0.5, 0.6) is 0 Å². The normalized spacial score (nSPS) is 12.3. The highest BCUT2D eigenvalue weighted by Gasteiger charge is 2.25. The number of halogens is 1. The third kappa shape index (κ3) is 7.64. The van der Waals surface area contributed by atoms with E-state index in [0.29, 0.717) is 10.6 Å². The standard InChI is InChI=1S/C54H53ClN2O/c1-52(2,3)37-22-27-40(28-23-37)56(41-29-24-38(25-30-41)53(4,5)6)42-18-15-19-43(33-42)57(44-34-47-45-20-13-14-21-50(45)58-51(47)48(55)35-44)49-31-26-39(54(7,8)9)32-46(49)36-16-11-10-12-17-36/h10-35H,1-9H3. The van der Waals surface area contributed by atoms with Crippen LogP contribution >= 0.6 is 11.6 Å². The van der Waals surface area contributed by atoms with Crippen molar-refractivity contribution in [3.63, 3.8) is 0 Å². The molecule has 0 unspecified atom stereocenters. The van der Waals surface area contributed by atoms with Crippen LogP contribution in [-0.2, 0) is 16.2 Å². The number of rotatable bonds is 7. The Morgan fingerprint density at radius 3 is 1.53 bits per heavy atom. The second-order valence-electron chi connectivity index (χ2n) is 18.5. The molecular formula is C54H53ClN2O. The highest BCUT2D eigenvalue weighted by Crippen LogP contribution is 2.47. The number of hydrogen-bond acceptors (Lipinski definition) is 3. The second-order valence-corrected chi connectivity index (χ2v) is 18.9. The molecule has 3 nitrogen and oxygen atoms in total. The molecule has 58 heavy (non-hydrogen) atoms. The van der Waals surface area contributed by atoms with Crippen LogP contribution in [0.2, 0.25) is 5.02 Å². The van der Waals surface area contributed by atoms with Crippen LogP contribution in [0.3, 0.4) is 0 Å². The number of hydrogen-bond donors (Lipinski definition) is 0. The molecule has 8 rings (SSSR count).